The Labute approximate surface area is 125 Å². The Balaban J connectivity index is 1.98. The summed E-state index contributed by atoms with van der Waals surface area (Å²) in [7, 11) is 0. The van der Waals surface area contributed by atoms with Crippen LogP contribution in [0.5, 0.6) is 0 Å². The normalized spacial score (nSPS) is 12.4. The quantitative estimate of drug-likeness (QED) is 0.816. The Morgan fingerprint density at radius 2 is 1.89 bits per heavy atom. The molecular formula is C15H14BrClFN. The van der Waals surface area contributed by atoms with E-state index in [0.29, 0.717) is 11.0 Å². The lowest BCUT2D eigenvalue weighted by atomic mass is 10.1. The van der Waals surface area contributed by atoms with E-state index in [9.17, 15) is 4.39 Å². The molecule has 0 amide bonds. The highest BCUT2D eigenvalue weighted by molar-refractivity contribution is 9.10. The van der Waals surface area contributed by atoms with Gasteiger partial charge in [-0.25, -0.2) is 4.39 Å². The average Bonchev–Trinajstić information content (AvgIpc) is 2.40. The lowest BCUT2D eigenvalue weighted by Crippen LogP contribution is -2.18. The Bertz CT molecular complexity index is 557. The fraction of sp³-hybridized carbons (Fsp3) is 0.200. The van der Waals surface area contributed by atoms with Gasteiger partial charge in [0.2, 0.25) is 0 Å². The molecule has 100 valence electrons. The van der Waals surface area contributed by atoms with Gasteiger partial charge in [0.05, 0.1) is 4.47 Å². The van der Waals surface area contributed by atoms with Gasteiger partial charge in [0.15, 0.2) is 0 Å². The van der Waals surface area contributed by atoms with Gasteiger partial charge in [-0.2, -0.15) is 0 Å². The first kappa shape index (κ1) is 14.5. The minimum Gasteiger partial charge on any atom is -0.306 e. The lowest BCUT2D eigenvalue weighted by molar-refractivity contribution is 0.568. The third-order valence-electron chi connectivity index (χ3n) is 2.97. The predicted octanol–water partition coefficient (Wildman–Crippen LogP) is 5.09. The molecule has 0 aliphatic rings. The summed E-state index contributed by atoms with van der Waals surface area (Å²) >= 11 is 9.00. The molecule has 1 nitrogen and oxygen atoms in total. The molecule has 0 spiro atoms. The Hall–Kier alpha value is -0.900. The number of nitrogens with one attached hydrogen (secondary N) is 1. The first-order valence-corrected chi connectivity index (χ1v) is 7.16. The highest BCUT2D eigenvalue weighted by Gasteiger charge is 2.06. The van der Waals surface area contributed by atoms with Crippen LogP contribution in [-0.2, 0) is 6.54 Å². The SMILES string of the molecule is C[C@@H](NCc1ccc(Br)c(F)c1)c1ccc(Cl)cc1. The second kappa shape index (κ2) is 6.51. The summed E-state index contributed by atoms with van der Waals surface area (Å²) in [6.07, 6.45) is 0. The van der Waals surface area contributed by atoms with E-state index >= 15 is 0 Å². The molecule has 0 heterocycles. The maximum atomic E-state index is 13.4. The number of rotatable bonds is 4. The molecule has 2 aromatic carbocycles. The molecule has 0 saturated heterocycles. The van der Waals surface area contributed by atoms with Crippen LogP contribution in [0.2, 0.25) is 5.02 Å². The summed E-state index contributed by atoms with van der Waals surface area (Å²) in [6.45, 7) is 2.69. The van der Waals surface area contributed by atoms with Gasteiger partial charge in [0, 0.05) is 17.6 Å². The lowest BCUT2D eigenvalue weighted by Gasteiger charge is -2.14. The maximum Gasteiger partial charge on any atom is 0.137 e. The Morgan fingerprint density at radius 1 is 1.21 bits per heavy atom. The van der Waals surface area contributed by atoms with Crippen molar-refractivity contribution in [3.63, 3.8) is 0 Å². The monoisotopic (exact) mass is 341 g/mol. The smallest absolute Gasteiger partial charge is 0.137 e. The fourth-order valence-corrected chi connectivity index (χ4v) is 2.16. The molecule has 0 radical (unpaired) electrons. The van der Waals surface area contributed by atoms with Crippen molar-refractivity contribution in [3.05, 3.63) is 68.9 Å². The molecule has 0 aliphatic heterocycles. The van der Waals surface area contributed by atoms with Crippen LogP contribution in [0, 0.1) is 5.82 Å². The van der Waals surface area contributed by atoms with Crippen molar-refractivity contribution in [2.45, 2.75) is 19.5 Å². The standard InChI is InChI=1S/C15H14BrClFN/c1-10(12-3-5-13(17)6-4-12)19-9-11-2-7-14(16)15(18)8-11/h2-8,10,19H,9H2,1H3/t10-/m1/s1. The maximum absolute atomic E-state index is 13.4. The van der Waals surface area contributed by atoms with Gasteiger partial charge in [-0.05, 0) is 58.2 Å². The number of halogens is 3. The van der Waals surface area contributed by atoms with Crippen molar-refractivity contribution in [1.82, 2.24) is 5.32 Å². The number of benzene rings is 2. The molecule has 0 fully saturated rings. The van der Waals surface area contributed by atoms with E-state index in [1.165, 1.54) is 6.07 Å². The largest absolute Gasteiger partial charge is 0.306 e. The zero-order chi connectivity index (χ0) is 13.8. The molecule has 0 bridgehead atoms. The van der Waals surface area contributed by atoms with Crippen molar-refractivity contribution < 1.29 is 4.39 Å². The second-order valence-electron chi connectivity index (χ2n) is 4.40. The molecule has 19 heavy (non-hydrogen) atoms. The molecule has 0 aliphatic carbocycles. The van der Waals surface area contributed by atoms with Gasteiger partial charge in [-0.15, -0.1) is 0 Å². The van der Waals surface area contributed by atoms with E-state index in [4.69, 9.17) is 11.6 Å². The minimum absolute atomic E-state index is 0.184. The van der Waals surface area contributed by atoms with Gasteiger partial charge in [0.25, 0.3) is 0 Å². The van der Waals surface area contributed by atoms with Gasteiger partial charge in [-0.1, -0.05) is 29.8 Å². The van der Waals surface area contributed by atoms with Crippen LogP contribution in [0.1, 0.15) is 24.1 Å². The topological polar surface area (TPSA) is 12.0 Å². The zero-order valence-electron chi connectivity index (χ0n) is 10.5. The average molecular weight is 343 g/mol. The van der Waals surface area contributed by atoms with E-state index in [0.717, 1.165) is 16.1 Å². The van der Waals surface area contributed by atoms with Crippen LogP contribution < -0.4 is 5.32 Å². The van der Waals surface area contributed by atoms with Crippen molar-refractivity contribution in [1.29, 1.82) is 0 Å². The summed E-state index contributed by atoms with van der Waals surface area (Å²) < 4.78 is 13.9. The van der Waals surface area contributed by atoms with Crippen LogP contribution >= 0.6 is 27.5 Å². The van der Waals surface area contributed by atoms with Gasteiger partial charge in [0.1, 0.15) is 5.82 Å². The van der Waals surface area contributed by atoms with Gasteiger partial charge >= 0.3 is 0 Å². The number of hydrogen-bond acceptors (Lipinski definition) is 1. The van der Waals surface area contributed by atoms with Crippen LogP contribution in [0.4, 0.5) is 4.39 Å². The summed E-state index contributed by atoms with van der Waals surface area (Å²) in [6, 6.07) is 13.1. The third kappa shape index (κ3) is 4.03. The third-order valence-corrected chi connectivity index (χ3v) is 3.86. The zero-order valence-corrected chi connectivity index (χ0v) is 12.8. The second-order valence-corrected chi connectivity index (χ2v) is 5.69. The molecule has 0 unspecified atom stereocenters. The summed E-state index contributed by atoms with van der Waals surface area (Å²) in [5.41, 5.74) is 2.07. The van der Waals surface area contributed by atoms with Crippen LogP contribution in [0.25, 0.3) is 0 Å². The molecule has 0 saturated carbocycles. The van der Waals surface area contributed by atoms with E-state index in [1.807, 2.05) is 30.3 Å². The Morgan fingerprint density at radius 3 is 2.53 bits per heavy atom. The first-order chi connectivity index (χ1) is 9.06. The van der Waals surface area contributed by atoms with Crippen LogP contribution in [0.15, 0.2) is 46.9 Å². The van der Waals surface area contributed by atoms with Crippen molar-refractivity contribution in [3.8, 4) is 0 Å². The minimum atomic E-state index is -0.238. The van der Waals surface area contributed by atoms with Crippen LogP contribution in [0.3, 0.4) is 0 Å². The van der Waals surface area contributed by atoms with E-state index in [2.05, 4.69) is 28.2 Å². The molecule has 1 N–H and O–H groups in total. The summed E-state index contributed by atoms with van der Waals surface area (Å²) in [5.74, 6) is -0.238. The van der Waals surface area contributed by atoms with Gasteiger partial charge in [-0.3, -0.25) is 0 Å². The predicted molar refractivity (Wildman–Crippen MR) is 80.8 cm³/mol. The fourth-order valence-electron chi connectivity index (χ4n) is 1.79. The molecule has 4 heteroatoms. The Kier molecular flexibility index (Phi) is 4.97. The van der Waals surface area contributed by atoms with E-state index < -0.39 is 0 Å². The van der Waals surface area contributed by atoms with Crippen molar-refractivity contribution in [2.24, 2.45) is 0 Å². The highest BCUT2D eigenvalue weighted by atomic mass is 79.9. The summed E-state index contributed by atoms with van der Waals surface area (Å²) in [5, 5.41) is 4.08. The van der Waals surface area contributed by atoms with Crippen molar-refractivity contribution in [2.75, 3.05) is 0 Å². The van der Waals surface area contributed by atoms with Crippen LogP contribution in [-0.4, -0.2) is 0 Å². The molecule has 2 rings (SSSR count). The summed E-state index contributed by atoms with van der Waals surface area (Å²) in [4.78, 5) is 0. The van der Waals surface area contributed by atoms with Crippen molar-refractivity contribution >= 4 is 27.5 Å². The first-order valence-electron chi connectivity index (χ1n) is 5.99. The molecule has 2 aromatic rings. The molecular weight excluding hydrogens is 329 g/mol. The van der Waals surface area contributed by atoms with E-state index in [-0.39, 0.29) is 11.9 Å². The highest BCUT2D eigenvalue weighted by Crippen LogP contribution is 2.19. The number of hydrogen-bond donors (Lipinski definition) is 1. The van der Waals surface area contributed by atoms with E-state index in [1.54, 1.807) is 6.07 Å². The molecule has 1 atom stereocenters. The molecule has 0 aromatic heterocycles. The van der Waals surface area contributed by atoms with Gasteiger partial charge < -0.3 is 5.32 Å².